The molecule has 0 N–H and O–H groups in total. The second-order valence-electron chi connectivity index (χ2n) is 4.97. The number of halogens is 5. The highest BCUT2D eigenvalue weighted by Crippen LogP contribution is 2.32. The third-order valence-electron chi connectivity index (χ3n) is 3.39. The Kier molecular flexibility index (Phi) is 4.19. The van der Waals surface area contributed by atoms with E-state index < -0.39 is 23.2 Å². The Morgan fingerprint density at radius 2 is 2.00 bits per heavy atom. The summed E-state index contributed by atoms with van der Waals surface area (Å²) < 4.78 is 60.3. The summed E-state index contributed by atoms with van der Waals surface area (Å²) in [6, 6.07) is 2.44. The van der Waals surface area contributed by atoms with Crippen molar-refractivity contribution in [1.82, 2.24) is 14.0 Å². The van der Waals surface area contributed by atoms with E-state index in [1.807, 2.05) is 0 Å². The molecule has 3 rings (SSSR count). The molecular weight excluding hydrogens is 366 g/mol. The average Bonchev–Trinajstić information content (AvgIpc) is 2.98. The fraction of sp³-hybridized carbons (Fsp3) is 0.200. The molecule has 0 spiro atoms. The molecule has 2 aromatic heterocycles. The van der Waals surface area contributed by atoms with Crippen LogP contribution in [0.1, 0.15) is 12.6 Å². The Hall–Kier alpha value is -2.55. The Labute approximate surface area is 143 Å². The minimum Gasteiger partial charge on any atom is -0.492 e. The zero-order valence-electron chi connectivity index (χ0n) is 12.6. The number of hydrogen-bond acceptors (Lipinski definition) is 3. The maximum Gasteiger partial charge on any atom is 0.432 e. The van der Waals surface area contributed by atoms with Gasteiger partial charge in [-0.05, 0) is 13.0 Å². The molecule has 0 bridgehead atoms. The number of alkyl halides is 3. The average molecular weight is 376 g/mol. The van der Waals surface area contributed by atoms with E-state index in [0.717, 1.165) is 29.1 Å². The predicted molar refractivity (Wildman–Crippen MR) is 81.9 cm³/mol. The van der Waals surface area contributed by atoms with Gasteiger partial charge < -0.3 is 4.74 Å². The van der Waals surface area contributed by atoms with Crippen molar-refractivity contribution in [2.75, 3.05) is 6.61 Å². The third-order valence-corrected chi connectivity index (χ3v) is 3.69. The highest BCUT2D eigenvalue weighted by atomic mass is 35.5. The lowest BCUT2D eigenvalue weighted by atomic mass is 10.2. The van der Waals surface area contributed by atoms with E-state index in [1.54, 1.807) is 6.92 Å². The largest absolute Gasteiger partial charge is 0.492 e. The van der Waals surface area contributed by atoms with Crippen LogP contribution in [0.4, 0.5) is 17.6 Å². The summed E-state index contributed by atoms with van der Waals surface area (Å²) in [5.74, 6) is -1.19. The number of rotatable bonds is 3. The summed E-state index contributed by atoms with van der Waals surface area (Å²) in [6.07, 6.45) is -2.66. The summed E-state index contributed by atoms with van der Waals surface area (Å²) in [6.45, 7) is 1.90. The number of ether oxygens (including phenoxy) is 1. The number of aromatic nitrogens is 3. The van der Waals surface area contributed by atoms with E-state index in [2.05, 4.69) is 4.98 Å². The Morgan fingerprint density at radius 3 is 2.64 bits per heavy atom. The molecule has 0 amide bonds. The van der Waals surface area contributed by atoms with Crippen LogP contribution >= 0.6 is 11.6 Å². The van der Waals surface area contributed by atoms with Crippen molar-refractivity contribution < 1.29 is 22.3 Å². The van der Waals surface area contributed by atoms with Crippen molar-refractivity contribution >= 4 is 17.4 Å². The maximum absolute atomic E-state index is 14.3. The molecular formula is C15H10ClF4N3O2. The summed E-state index contributed by atoms with van der Waals surface area (Å²) in [5.41, 5.74) is -2.61. The highest BCUT2D eigenvalue weighted by Gasteiger charge is 2.35. The molecule has 10 heteroatoms. The minimum atomic E-state index is -4.77. The topological polar surface area (TPSA) is 48.5 Å². The normalized spacial score (nSPS) is 11.9. The van der Waals surface area contributed by atoms with E-state index in [1.165, 1.54) is 0 Å². The quantitative estimate of drug-likeness (QED) is 0.656. The summed E-state index contributed by atoms with van der Waals surface area (Å²) in [4.78, 5) is 16.0. The predicted octanol–water partition coefficient (Wildman–Crippen LogP) is 3.70. The van der Waals surface area contributed by atoms with Crippen LogP contribution in [-0.4, -0.2) is 20.6 Å². The van der Waals surface area contributed by atoms with Gasteiger partial charge in [-0.15, -0.1) is 0 Å². The second kappa shape index (κ2) is 6.07. The van der Waals surface area contributed by atoms with E-state index >= 15 is 0 Å². The van der Waals surface area contributed by atoms with Crippen molar-refractivity contribution in [2.45, 2.75) is 13.1 Å². The number of imidazole rings is 1. The van der Waals surface area contributed by atoms with Crippen LogP contribution in [0, 0.1) is 5.82 Å². The fourth-order valence-corrected chi connectivity index (χ4v) is 2.60. The summed E-state index contributed by atoms with van der Waals surface area (Å²) in [5, 5.41) is -0.0255. The number of hydrogen-bond donors (Lipinski definition) is 0. The smallest absolute Gasteiger partial charge is 0.432 e. The third kappa shape index (κ3) is 2.95. The van der Waals surface area contributed by atoms with Crippen LogP contribution in [-0.2, 0) is 6.18 Å². The van der Waals surface area contributed by atoms with Crippen molar-refractivity contribution in [2.24, 2.45) is 0 Å². The highest BCUT2D eigenvalue weighted by molar-refractivity contribution is 6.32. The first-order valence-electron chi connectivity index (χ1n) is 7.02. The molecule has 1 aromatic carbocycles. The monoisotopic (exact) mass is 375 g/mol. The lowest BCUT2D eigenvalue weighted by Crippen LogP contribution is -2.26. The Bertz CT molecular complexity index is 1010. The Morgan fingerprint density at radius 1 is 1.28 bits per heavy atom. The molecule has 0 aliphatic rings. The molecule has 0 radical (unpaired) electrons. The van der Waals surface area contributed by atoms with E-state index in [4.69, 9.17) is 16.3 Å². The van der Waals surface area contributed by atoms with Crippen LogP contribution in [0.25, 0.3) is 11.5 Å². The molecule has 25 heavy (non-hydrogen) atoms. The van der Waals surface area contributed by atoms with Gasteiger partial charge in [-0.25, -0.2) is 13.9 Å². The van der Waals surface area contributed by atoms with Crippen LogP contribution in [0.2, 0.25) is 5.02 Å². The zero-order chi connectivity index (χ0) is 18.4. The van der Waals surface area contributed by atoms with Gasteiger partial charge in [0.1, 0.15) is 17.3 Å². The summed E-state index contributed by atoms with van der Waals surface area (Å²) >= 11 is 5.87. The molecule has 0 aliphatic heterocycles. The van der Waals surface area contributed by atoms with E-state index in [-0.39, 0.29) is 28.8 Å². The van der Waals surface area contributed by atoms with E-state index in [0.29, 0.717) is 10.5 Å². The van der Waals surface area contributed by atoms with Gasteiger partial charge >= 0.3 is 6.18 Å². The number of nitrogens with zero attached hydrogens (tertiary/aromatic N) is 3. The van der Waals surface area contributed by atoms with Crippen molar-refractivity contribution in [3.63, 3.8) is 0 Å². The molecule has 132 valence electrons. The fourth-order valence-electron chi connectivity index (χ4n) is 2.40. The van der Waals surface area contributed by atoms with Gasteiger partial charge in [0.2, 0.25) is 5.78 Å². The van der Waals surface area contributed by atoms with Gasteiger partial charge in [-0.3, -0.25) is 9.20 Å². The first-order valence-corrected chi connectivity index (χ1v) is 7.40. The van der Waals surface area contributed by atoms with Gasteiger partial charge in [0.15, 0.2) is 0 Å². The molecule has 2 heterocycles. The minimum absolute atomic E-state index is 0.0255. The zero-order valence-corrected chi connectivity index (χ0v) is 13.4. The van der Waals surface area contributed by atoms with E-state index in [9.17, 15) is 22.4 Å². The lowest BCUT2D eigenvalue weighted by molar-refractivity contribution is -0.142. The van der Waals surface area contributed by atoms with Crippen LogP contribution in [0.3, 0.4) is 0 Å². The van der Waals surface area contributed by atoms with Crippen LogP contribution < -0.4 is 10.3 Å². The molecule has 0 atom stereocenters. The summed E-state index contributed by atoms with van der Waals surface area (Å²) in [7, 11) is 0. The molecule has 3 aromatic rings. The molecule has 0 fully saturated rings. The number of benzene rings is 1. The standard InChI is InChI=1S/C15H10ClF4N3O2/c1-2-25-11-6-10(9(17)5-8(11)16)23-13(24)7-12(15(18,19)20)22-4-3-21-14(22)23/h3-7H,2H2,1H3. The van der Waals surface area contributed by atoms with Crippen LogP contribution in [0.15, 0.2) is 35.4 Å². The van der Waals surface area contributed by atoms with Crippen molar-refractivity contribution in [3.8, 4) is 11.4 Å². The lowest BCUT2D eigenvalue weighted by Gasteiger charge is -2.15. The van der Waals surface area contributed by atoms with Gasteiger partial charge in [-0.1, -0.05) is 11.6 Å². The van der Waals surface area contributed by atoms with Gasteiger partial charge in [0, 0.05) is 24.5 Å². The molecule has 0 saturated carbocycles. The van der Waals surface area contributed by atoms with Crippen molar-refractivity contribution in [3.05, 3.63) is 57.5 Å². The SMILES string of the molecule is CCOc1cc(-n2c(=O)cc(C(F)(F)F)n3ccnc23)c(F)cc1Cl. The maximum atomic E-state index is 14.3. The molecule has 0 saturated heterocycles. The van der Waals surface area contributed by atoms with Gasteiger partial charge in [-0.2, -0.15) is 13.2 Å². The van der Waals surface area contributed by atoms with Crippen LogP contribution in [0.5, 0.6) is 5.75 Å². The Balaban J connectivity index is 2.35. The first kappa shape index (κ1) is 17.3. The van der Waals surface area contributed by atoms with Crippen molar-refractivity contribution in [1.29, 1.82) is 0 Å². The second-order valence-corrected chi connectivity index (χ2v) is 5.37. The molecule has 0 unspecified atom stereocenters. The molecule has 5 nitrogen and oxygen atoms in total. The van der Waals surface area contributed by atoms with Gasteiger partial charge in [0.25, 0.3) is 5.56 Å². The number of fused-ring (bicyclic) bond motifs is 1. The molecule has 0 aliphatic carbocycles. The van der Waals surface area contributed by atoms with Gasteiger partial charge in [0.05, 0.1) is 17.3 Å². The first-order chi connectivity index (χ1) is 11.7.